The topological polar surface area (TPSA) is 49.6 Å². The quantitative estimate of drug-likeness (QED) is 0.853. The first-order valence-corrected chi connectivity index (χ1v) is 7.28. The highest BCUT2D eigenvalue weighted by molar-refractivity contribution is 5.85. The van der Waals surface area contributed by atoms with Gasteiger partial charge in [0, 0.05) is 19.0 Å². The van der Waals surface area contributed by atoms with Gasteiger partial charge in [0.1, 0.15) is 0 Å². The smallest absolute Gasteiger partial charge is 0.226 e. The van der Waals surface area contributed by atoms with Crippen LogP contribution >= 0.6 is 12.4 Å². The van der Waals surface area contributed by atoms with Gasteiger partial charge in [0.25, 0.3) is 0 Å². The number of halogens is 1. The number of hydrogen-bond donors (Lipinski definition) is 1. The van der Waals surface area contributed by atoms with Crippen LogP contribution in [0, 0.1) is 11.8 Å². The summed E-state index contributed by atoms with van der Waals surface area (Å²) in [6.07, 6.45) is 5.56. The molecule has 4 nitrogen and oxygen atoms in total. The van der Waals surface area contributed by atoms with E-state index in [9.17, 15) is 4.79 Å². The molecule has 0 aromatic carbocycles. The van der Waals surface area contributed by atoms with Crippen LogP contribution in [0.3, 0.4) is 0 Å². The Labute approximate surface area is 123 Å². The monoisotopic (exact) mass is 289 g/mol. The molecular weight excluding hydrogens is 262 g/mol. The minimum atomic E-state index is 0. The molecule has 1 amide bonds. The fourth-order valence-electron chi connectivity index (χ4n) is 3.47. The van der Waals surface area contributed by atoms with Crippen molar-refractivity contribution in [1.29, 1.82) is 0 Å². The van der Waals surface area contributed by atoms with Crippen LogP contribution in [0.15, 0.2) is 0 Å². The second kappa shape index (κ2) is 7.46. The molecule has 1 aliphatic heterocycles. The lowest BCUT2D eigenvalue weighted by atomic mass is 9.93. The van der Waals surface area contributed by atoms with E-state index in [1.807, 2.05) is 11.9 Å². The summed E-state index contributed by atoms with van der Waals surface area (Å²) >= 11 is 0. The van der Waals surface area contributed by atoms with Crippen molar-refractivity contribution in [3.63, 3.8) is 0 Å². The largest absolute Gasteiger partial charge is 0.342 e. The lowest BCUT2D eigenvalue weighted by molar-refractivity contribution is -0.138. The van der Waals surface area contributed by atoms with Crippen LogP contribution in [-0.4, -0.2) is 55.5 Å². The summed E-state index contributed by atoms with van der Waals surface area (Å²) in [5.41, 5.74) is 5.78. The van der Waals surface area contributed by atoms with Crippen molar-refractivity contribution in [2.45, 2.75) is 38.1 Å². The van der Waals surface area contributed by atoms with Gasteiger partial charge in [0.2, 0.25) is 5.91 Å². The summed E-state index contributed by atoms with van der Waals surface area (Å²) < 4.78 is 0. The Balaban J connectivity index is 0.00000180. The lowest BCUT2D eigenvalue weighted by Crippen LogP contribution is -2.47. The summed E-state index contributed by atoms with van der Waals surface area (Å²) in [6.45, 7) is 2.87. The number of nitrogens with two attached hydrogens (primary N) is 1. The Hall–Kier alpha value is -0.320. The Kier molecular flexibility index (Phi) is 6.57. The Bertz CT molecular complexity index is 292. The van der Waals surface area contributed by atoms with Gasteiger partial charge in [-0.3, -0.25) is 4.79 Å². The summed E-state index contributed by atoms with van der Waals surface area (Å²) in [6, 6.07) is 0.438. The maximum absolute atomic E-state index is 12.6. The van der Waals surface area contributed by atoms with Crippen LogP contribution in [0.5, 0.6) is 0 Å². The zero-order chi connectivity index (χ0) is 13.1. The molecule has 2 fully saturated rings. The van der Waals surface area contributed by atoms with Crippen LogP contribution in [-0.2, 0) is 4.79 Å². The van der Waals surface area contributed by atoms with Gasteiger partial charge in [-0.25, -0.2) is 0 Å². The van der Waals surface area contributed by atoms with E-state index in [4.69, 9.17) is 5.73 Å². The van der Waals surface area contributed by atoms with Crippen LogP contribution in [0.4, 0.5) is 0 Å². The average molecular weight is 290 g/mol. The second-order valence-electron chi connectivity index (χ2n) is 6.02. The molecule has 19 heavy (non-hydrogen) atoms. The highest BCUT2D eigenvalue weighted by Crippen LogP contribution is 2.33. The van der Waals surface area contributed by atoms with Crippen LogP contribution in [0.1, 0.15) is 32.1 Å². The van der Waals surface area contributed by atoms with Crippen molar-refractivity contribution in [3.8, 4) is 0 Å². The second-order valence-corrected chi connectivity index (χ2v) is 6.02. The molecule has 5 heteroatoms. The number of carbonyl (C=O) groups excluding carboxylic acids is 1. The minimum Gasteiger partial charge on any atom is -0.342 e. The molecule has 0 bridgehead atoms. The number of nitrogens with zero attached hydrogens (tertiary/aromatic N) is 2. The third kappa shape index (κ3) is 3.83. The van der Waals surface area contributed by atoms with E-state index in [1.165, 1.54) is 6.42 Å². The van der Waals surface area contributed by atoms with Crippen molar-refractivity contribution in [2.75, 3.05) is 33.7 Å². The molecule has 0 aromatic heterocycles. The SMILES string of the molecule is CN1CCC(N(C)C(=O)[C@@H]2CCC[C@@H]2CN)CC1.Cl. The lowest BCUT2D eigenvalue weighted by Gasteiger charge is -2.37. The fourth-order valence-corrected chi connectivity index (χ4v) is 3.47. The highest BCUT2D eigenvalue weighted by atomic mass is 35.5. The van der Waals surface area contributed by atoms with Gasteiger partial charge in [0.15, 0.2) is 0 Å². The molecule has 0 aromatic rings. The molecule has 1 saturated carbocycles. The molecule has 1 saturated heterocycles. The third-order valence-corrected chi connectivity index (χ3v) is 4.86. The highest BCUT2D eigenvalue weighted by Gasteiger charge is 2.35. The van der Waals surface area contributed by atoms with Crippen molar-refractivity contribution in [2.24, 2.45) is 17.6 Å². The molecule has 1 aliphatic carbocycles. The van der Waals surface area contributed by atoms with Gasteiger partial charge in [-0.05, 0) is 58.3 Å². The molecule has 112 valence electrons. The van der Waals surface area contributed by atoms with Gasteiger partial charge < -0.3 is 15.5 Å². The van der Waals surface area contributed by atoms with E-state index in [2.05, 4.69) is 11.9 Å². The van der Waals surface area contributed by atoms with Gasteiger partial charge in [-0.2, -0.15) is 0 Å². The first-order chi connectivity index (χ1) is 8.63. The van der Waals surface area contributed by atoms with Crippen molar-refractivity contribution < 1.29 is 4.79 Å². The van der Waals surface area contributed by atoms with Crippen molar-refractivity contribution >= 4 is 18.3 Å². The normalized spacial score (nSPS) is 29.0. The Morgan fingerprint density at radius 3 is 2.47 bits per heavy atom. The molecule has 0 spiro atoms. The maximum atomic E-state index is 12.6. The van der Waals surface area contributed by atoms with E-state index in [0.29, 0.717) is 24.4 Å². The number of likely N-dealkylation sites (tertiary alicyclic amines) is 1. The maximum Gasteiger partial charge on any atom is 0.226 e. The Morgan fingerprint density at radius 1 is 1.26 bits per heavy atom. The molecule has 1 heterocycles. The van der Waals surface area contributed by atoms with Crippen LogP contribution < -0.4 is 5.73 Å². The van der Waals surface area contributed by atoms with Gasteiger partial charge >= 0.3 is 0 Å². The Morgan fingerprint density at radius 2 is 1.89 bits per heavy atom. The van der Waals surface area contributed by atoms with Gasteiger partial charge in [0.05, 0.1) is 0 Å². The van der Waals surface area contributed by atoms with E-state index in [0.717, 1.165) is 38.8 Å². The molecular formula is C14H28ClN3O. The van der Waals surface area contributed by atoms with Crippen molar-refractivity contribution in [3.05, 3.63) is 0 Å². The molecule has 0 unspecified atom stereocenters. The zero-order valence-corrected chi connectivity index (χ0v) is 13.0. The van der Waals surface area contributed by atoms with E-state index < -0.39 is 0 Å². The average Bonchev–Trinajstić information content (AvgIpc) is 2.86. The van der Waals surface area contributed by atoms with E-state index >= 15 is 0 Å². The van der Waals surface area contributed by atoms with Crippen molar-refractivity contribution in [1.82, 2.24) is 9.80 Å². The van der Waals surface area contributed by atoms with Crippen LogP contribution in [0.2, 0.25) is 0 Å². The molecule has 0 radical (unpaired) electrons. The zero-order valence-electron chi connectivity index (χ0n) is 12.2. The summed E-state index contributed by atoms with van der Waals surface area (Å²) in [4.78, 5) is 16.9. The number of amides is 1. The van der Waals surface area contributed by atoms with Gasteiger partial charge in [-0.15, -0.1) is 12.4 Å². The number of piperidine rings is 1. The fraction of sp³-hybridized carbons (Fsp3) is 0.929. The van der Waals surface area contributed by atoms with Crippen LogP contribution in [0.25, 0.3) is 0 Å². The minimum absolute atomic E-state index is 0. The molecule has 2 rings (SSSR count). The first-order valence-electron chi connectivity index (χ1n) is 7.28. The first kappa shape index (κ1) is 16.7. The summed E-state index contributed by atoms with van der Waals surface area (Å²) in [5, 5.41) is 0. The number of rotatable bonds is 3. The van der Waals surface area contributed by atoms with E-state index in [-0.39, 0.29) is 18.3 Å². The predicted octanol–water partition coefficient (Wildman–Crippen LogP) is 1.34. The predicted molar refractivity (Wildman–Crippen MR) is 80.4 cm³/mol. The van der Waals surface area contributed by atoms with Gasteiger partial charge in [-0.1, -0.05) is 6.42 Å². The van der Waals surface area contributed by atoms with E-state index in [1.54, 1.807) is 0 Å². The molecule has 2 atom stereocenters. The summed E-state index contributed by atoms with van der Waals surface area (Å²) in [7, 11) is 4.14. The standard InChI is InChI=1S/C14H27N3O.ClH/c1-16-8-6-12(7-9-16)17(2)14(18)13-5-3-4-11(13)10-15;/h11-13H,3-10,15H2,1-2H3;1H/t11-,13-;/m1./s1. The molecule has 2 aliphatic rings. The number of carbonyl (C=O) groups is 1. The molecule has 2 N–H and O–H groups in total. The third-order valence-electron chi connectivity index (χ3n) is 4.86. The number of hydrogen-bond acceptors (Lipinski definition) is 3. The summed E-state index contributed by atoms with van der Waals surface area (Å²) in [5.74, 6) is 0.961.